The molecule has 5 rings (SSSR count). The molecule has 0 bridgehead atoms. The van der Waals surface area contributed by atoms with Crippen molar-refractivity contribution in [1.29, 1.82) is 0 Å². The van der Waals surface area contributed by atoms with Gasteiger partial charge in [0, 0.05) is 26.2 Å². The molecule has 1 aromatic heterocycles. The smallest absolute Gasteiger partial charge is 0.454 e. The van der Waals surface area contributed by atoms with Crippen LogP contribution < -0.4 is 0 Å². The van der Waals surface area contributed by atoms with E-state index in [0.717, 1.165) is 16.8 Å². The maximum atomic E-state index is 11.4. The number of fused-ring (bicyclic) bond motifs is 4. The second kappa shape index (κ2) is 10.9. The molecule has 0 atom stereocenters. The van der Waals surface area contributed by atoms with Crippen LogP contribution in [0.5, 0.6) is 0 Å². The number of aromatic nitrogens is 1. The Bertz CT molecular complexity index is 1560. The fourth-order valence-electron chi connectivity index (χ4n) is 4.29. The van der Waals surface area contributed by atoms with Gasteiger partial charge >= 0.3 is 12.4 Å². The number of allylic oxidation sites excluding steroid dienone is 2. The summed E-state index contributed by atoms with van der Waals surface area (Å²) in [5.74, 6) is -5.34. The summed E-state index contributed by atoms with van der Waals surface area (Å²) in [6.07, 6.45) is -11.7. The molecular formula is C29H20F6IrNO2-. The van der Waals surface area contributed by atoms with Gasteiger partial charge in [-0.1, -0.05) is 79.6 Å². The molecule has 205 valence electrons. The van der Waals surface area contributed by atoms with Crippen LogP contribution in [0.3, 0.4) is 0 Å². The number of nitrogens with zero attached hydrogens (tertiary/aromatic N) is 1. The van der Waals surface area contributed by atoms with Gasteiger partial charge in [-0.2, -0.15) is 26.3 Å². The predicted octanol–water partition coefficient (Wildman–Crippen LogP) is 8.13. The zero-order chi connectivity index (χ0) is 27.9. The van der Waals surface area contributed by atoms with Crippen molar-refractivity contribution in [2.24, 2.45) is 0 Å². The average molecular weight is 721 g/mol. The molecule has 0 fully saturated rings. The Hall–Kier alpha value is -3.49. The number of halogens is 6. The summed E-state index contributed by atoms with van der Waals surface area (Å²) in [6, 6.07) is 29.0. The van der Waals surface area contributed by atoms with Crippen molar-refractivity contribution in [2.45, 2.75) is 31.6 Å². The number of pyridine rings is 1. The molecule has 0 amide bonds. The number of hydrogen-bond donors (Lipinski definition) is 1. The number of carbonyl (C=O) groups is 1. The molecule has 0 saturated carbocycles. The average Bonchev–Trinajstić information content (AvgIpc) is 3.09. The monoisotopic (exact) mass is 721 g/mol. The molecule has 39 heavy (non-hydrogen) atoms. The van der Waals surface area contributed by atoms with E-state index in [1.807, 2.05) is 12.1 Å². The van der Waals surface area contributed by atoms with Crippen molar-refractivity contribution in [2.75, 3.05) is 0 Å². The van der Waals surface area contributed by atoms with Crippen LogP contribution in [0.15, 0.2) is 84.6 Å². The van der Waals surface area contributed by atoms with Gasteiger partial charge in [0.1, 0.15) is 0 Å². The van der Waals surface area contributed by atoms with E-state index in [4.69, 9.17) is 10.1 Å². The van der Waals surface area contributed by atoms with Crippen molar-refractivity contribution < 1.29 is 56.3 Å². The van der Waals surface area contributed by atoms with E-state index in [1.165, 1.54) is 27.6 Å². The summed E-state index contributed by atoms with van der Waals surface area (Å²) in [5, 5.41) is 9.10. The van der Waals surface area contributed by atoms with Gasteiger partial charge in [-0.15, -0.1) is 29.3 Å². The number of rotatable bonds is 2. The topological polar surface area (TPSA) is 50.2 Å². The Morgan fingerprint density at radius 3 is 2.18 bits per heavy atom. The summed E-state index contributed by atoms with van der Waals surface area (Å²) in [7, 11) is 0. The Morgan fingerprint density at radius 1 is 0.872 bits per heavy atom. The summed E-state index contributed by atoms with van der Waals surface area (Å²) in [4.78, 5) is 14.7. The molecule has 0 aliphatic heterocycles. The van der Waals surface area contributed by atoms with Crippen LogP contribution in [0, 0.1) is 6.07 Å². The van der Waals surface area contributed by atoms with Gasteiger partial charge in [0.15, 0.2) is 0 Å². The van der Waals surface area contributed by atoms with Gasteiger partial charge in [0.2, 0.25) is 5.76 Å². The predicted molar refractivity (Wildman–Crippen MR) is 131 cm³/mol. The number of aliphatic hydroxyl groups is 1. The Balaban J connectivity index is 0.000000260. The van der Waals surface area contributed by atoms with Gasteiger partial charge in [-0.05, 0) is 28.1 Å². The summed E-state index contributed by atoms with van der Waals surface area (Å²) in [6.45, 7) is 4.60. The number of ketones is 1. The zero-order valence-corrected chi connectivity index (χ0v) is 22.8. The van der Waals surface area contributed by atoms with Crippen LogP contribution in [-0.4, -0.2) is 28.2 Å². The minimum absolute atomic E-state index is 0. The van der Waals surface area contributed by atoms with Gasteiger partial charge in [0.05, 0.1) is 5.52 Å². The molecule has 0 saturated heterocycles. The van der Waals surface area contributed by atoms with E-state index in [2.05, 4.69) is 80.6 Å². The minimum atomic E-state index is -5.42. The second-order valence-electron chi connectivity index (χ2n) is 9.12. The summed E-state index contributed by atoms with van der Waals surface area (Å²) in [5.41, 5.74) is 8.45. The van der Waals surface area contributed by atoms with Crippen molar-refractivity contribution >= 4 is 16.7 Å². The molecule has 1 aliphatic carbocycles. The first-order valence-electron chi connectivity index (χ1n) is 11.3. The van der Waals surface area contributed by atoms with Crippen LogP contribution in [-0.2, 0) is 30.3 Å². The molecule has 1 aliphatic rings. The third-order valence-corrected chi connectivity index (χ3v) is 6.23. The first kappa shape index (κ1) is 30.1. The maximum absolute atomic E-state index is 11.4. The number of alkyl halides is 6. The van der Waals surface area contributed by atoms with Gasteiger partial charge in [-0.3, -0.25) is 9.78 Å². The Labute approximate surface area is 233 Å². The van der Waals surface area contributed by atoms with Crippen molar-refractivity contribution in [3.05, 3.63) is 102 Å². The van der Waals surface area contributed by atoms with E-state index >= 15 is 0 Å². The molecule has 10 heteroatoms. The van der Waals surface area contributed by atoms with Crippen molar-refractivity contribution in [3.8, 4) is 22.4 Å². The molecular weight excluding hydrogens is 701 g/mol. The van der Waals surface area contributed by atoms with Crippen molar-refractivity contribution in [1.82, 2.24) is 4.98 Å². The zero-order valence-electron chi connectivity index (χ0n) is 20.4. The standard InChI is InChI=1S/C24H18N.C5H2F6O2.Ir/c1-24(2)20-9-5-4-8-18(20)19-13-11-17(15-21(19)24)23-14-12-16-7-3-6-10-22(16)25-23;6-4(7,8)2(12)1-3(13)5(9,10)11;/h3-10,12-15H,1-2H3;1,12H;/q-1;;/b;2-1-;. The molecule has 4 aromatic rings. The fourth-order valence-corrected chi connectivity index (χ4v) is 4.29. The molecule has 3 nitrogen and oxygen atoms in total. The van der Waals surface area contributed by atoms with E-state index in [0.29, 0.717) is 0 Å². The van der Waals surface area contributed by atoms with Gasteiger partial charge in [0.25, 0.3) is 5.78 Å². The third-order valence-electron chi connectivity index (χ3n) is 6.23. The molecule has 0 unspecified atom stereocenters. The van der Waals surface area contributed by atoms with Crippen LogP contribution >= 0.6 is 0 Å². The van der Waals surface area contributed by atoms with Crippen LogP contribution in [0.25, 0.3) is 33.3 Å². The van der Waals surface area contributed by atoms with Crippen LogP contribution in [0.4, 0.5) is 26.3 Å². The third kappa shape index (κ3) is 6.23. The SMILES string of the molecule is CC1(C)c2ccccc2-c2c[c-]c(-c3ccc4ccccc4n3)cc21.O=C(/C=C(\O)C(F)(F)F)C(F)(F)F.[Ir]. The summed E-state index contributed by atoms with van der Waals surface area (Å²) >= 11 is 0. The van der Waals surface area contributed by atoms with Gasteiger partial charge < -0.3 is 5.11 Å². The second-order valence-corrected chi connectivity index (χ2v) is 9.12. The number of para-hydroxylation sites is 1. The van der Waals surface area contributed by atoms with E-state index in [9.17, 15) is 31.1 Å². The van der Waals surface area contributed by atoms with Crippen LogP contribution in [0.1, 0.15) is 25.0 Å². The molecule has 1 radical (unpaired) electrons. The molecule has 0 spiro atoms. The normalized spacial score (nSPS) is 14.0. The Morgan fingerprint density at radius 2 is 1.51 bits per heavy atom. The van der Waals surface area contributed by atoms with E-state index in [-0.39, 0.29) is 25.5 Å². The first-order valence-corrected chi connectivity index (χ1v) is 11.3. The largest absolute Gasteiger partial charge is 0.504 e. The minimum Gasteiger partial charge on any atom is -0.504 e. The van der Waals surface area contributed by atoms with Gasteiger partial charge in [-0.25, -0.2) is 0 Å². The van der Waals surface area contributed by atoms with Crippen molar-refractivity contribution in [3.63, 3.8) is 0 Å². The number of hydrogen-bond acceptors (Lipinski definition) is 3. The number of aliphatic hydroxyl groups excluding tert-OH is 1. The Kier molecular flexibility index (Phi) is 8.43. The van der Waals surface area contributed by atoms with E-state index in [1.54, 1.807) is 0 Å². The first-order chi connectivity index (χ1) is 17.7. The quantitative estimate of drug-likeness (QED) is 0.0986. The molecule has 3 aromatic carbocycles. The molecule has 1 N–H and O–H groups in total. The fraction of sp³-hybridized carbons (Fsp3) is 0.172. The maximum Gasteiger partial charge on any atom is 0.454 e. The number of carbonyl (C=O) groups excluding carboxylic acids is 1. The van der Waals surface area contributed by atoms with E-state index < -0.39 is 30.0 Å². The van der Waals surface area contributed by atoms with Crippen LogP contribution in [0.2, 0.25) is 0 Å². The molecule has 1 heterocycles. The summed E-state index contributed by atoms with van der Waals surface area (Å²) < 4.78 is 68.1. The number of benzene rings is 3.